The molecule has 0 aliphatic carbocycles. The highest BCUT2D eigenvalue weighted by Crippen LogP contribution is 2.51. The van der Waals surface area contributed by atoms with Crippen LogP contribution >= 0.6 is 7.26 Å². The molecular weight excluding hydrogens is 307 g/mol. The minimum absolute atomic E-state index is 0.233. The van der Waals surface area contributed by atoms with E-state index < -0.39 is 7.26 Å². The highest BCUT2D eigenvalue weighted by Gasteiger charge is 2.40. The van der Waals surface area contributed by atoms with Crippen molar-refractivity contribution < 1.29 is 15.3 Å². The van der Waals surface area contributed by atoms with Crippen LogP contribution in [0.2, 0.25) is 0 Å². The summed E-state index contributed by atoms with van der Waals surface area (Å²) in [5, 5.41) is 32.1. The summed E-state index contributed by atoms with van der Waals surface area (Å²) in [4.78, 5) is 0. The average molecular weight is 325 g/mol. The standard InChI is InChI=1S/C19H17O3P/c1-23(17-8-2-14(20)3-9-17,18-10-4-15(21)5-11-18)19-12-6-16(22)7-13-19/h2-13H,1H3,(H2-,20,21,22)/p+1. The summed E-state index contributed by atoms with van der Waals surface area (Å²) in [6.45, 7) is 2.19. The van der Waals surface area contributed by atoms with Crippen molar-refractivity contribution in [2.45, 2.75) is 0 Å². The van der Waals surface area contributed by atoms with Crippen LogP contribution in [-0.2, 0) is 0 Å². The minimum atomic E-state index is -1.92. The SMILES string of the molecule is C[P+](c1ccc(O)cc1)(c1ccc(O)cc1)c1ccc(O)cc1. The quantitative estimate of drug-likeness (QED) is 0.649. The van der Waals surface area contributed by atoms with Crippen LogP contribution in [0.4, 0.5) is 0 Å². The van der Waals surface area contributed by atoms with Crippen LogP contribution in [0, 0.1) is 0 Å². The Hall–Kier alpha value is -2.51. The van der Waals surface area contributed by atoms with Gasteiger partial charge in [-0.2, -0.15) is 0 Å². The van der Waals surface area contributed by atoms with Gasteiger partial charge in [-0.1, -0.05) is 0 Å². The van der Waals surface area contributed by atoms with E-state index in [9.17, 15) is 15.3 Å². The first kappa shape index (κ1) is 15.4. The predicted molar refractivity (Wildman–Crippen MR) is 96.1 cm³/mol. The van der Waals surface area contributed by atoms with Gasteiger partial charge in [-0.05, 0) is 72.8 Å². The molecule has 3 rings (SSSR count). The molecule has 0 unspecified atom stereocenters. The maximum absolute atomic E-state index is 9.58. The fourth-order valence-corrected chi connectivity index (χ4v) is 5.83. The first-order chi connectivity index (χ1) is 11.0. The van der Waals surface area contributed by atoms with E-state index in [1.54, 1.807) is 36.4 Å². The lowest BCUT2D eigenvalue weighted by molar-refractivity contribution is 0.475. The second kappa shape index (κ2) is 5.94. The van der Waals surface area contributed by atoms with Crippen LogP contribution in [0.5, 0.6) is 17.2 Å². The zero-order valence-electron chi connectivity index (χ0n) is 12.7. The monoisotopic (exact) mass is 325 g/mol. The van der Waals surface area contributed by atoms with Gasteiger partial charge in [0.05, 0.1) is 6.66 Å². The van der Waals surface area contributed by atoms with Crippen molar-refractivity contribution in [1.82, 2.24) is 0 Å². The van der Waals surface area contributed by atoms with E-state index >= 15 is 0 Å². The van der Waals surface area contributed by atoms with Crippen molar-refractivity contribution >= 4 is 23.2 Å². The molecule has 0 aromatic heterocycles. The van der Waals surface area contributed by atoms with Gasteiger partial charge in [0.15, 0.2) is 0 Å². The van der Waals surface area contributed by atoms with Gasteiger partial charge in [0.1, 0.15) is 40.4 Å². The van der Waals surface area contributed by atoms with Gasteiger partial charge in [0.2, 0.25) is 0 Å². The highest BCUT2D eigenvalue weighted by atomic mass is 31.2. The number of phenolic OH excluding ortho intramolecular Hbond substituents is 3. The fraction of sp³-hybridized carbons (Fsp3) is 0.0526. The second-order valence-electron chi connectivity index (χ2n) is 5.56. The van der Waals surface area contributed by atoms with E-state index in [-0.39, 0.29) is 17.2 Å². The molecule has 116 valence electrons. The van der Waals surface area contributed by atoms with Gasteiger partial charge < -0.3 is 15.3 Å². The predicted octanol–water partition coefficient (Wildman–Crippen LogP) is 2.73. The Kier molecular flexibility index (Phi) is 3.97. The van der Waals surface area contributed by atoms with Crippen molar-refractivity contribution in [2.75, 3.05) is 6.66 Å². The van der Waals surface area contributed by atoms with Crippen molar-refractivity contribution in [3.05, 3.63) is 72.8 Å². The Morgan fingerprint density at radius 1 is 0.478 bits per heavy atom. The van der Waals surface area contributed by atoms with Crippen LogP contribution in [0.25, 0.3) is 0 Å². The lowest BCUT2D eigenvalue weighted by Crippen LogP contribution is -2.30. The first-order valence-electron chi connectivity index (χ1n) is 7.25. The summed E-state index contributed by atoms with van der Waals surface area (Å²) < 4.78 is 0. The Morgan fingerprint density at radius 2 is 0.696 bits per heavy atom. The normalized spacial score (nSPS) is 11.3. The molecule has 0 fully saturated rings. The molecule has 0 amide bonds. The number of aromatic hydroxyl groups is 3. The third-order valence-electron chi connectivity index (χ3n) is 4.10. The molecule has 4 heteroatoms. The molecule has 0 atom stereocenters. The van der Waals surface area contributed by atoms with Gasteiger partial charge in [-0.3, -0.25) is 0 Å². The van der Waals surface area contributed by atoms with Crippen LogP contribution in [-0.4, -0.2) is 22.0 Å². The van der Waals surface area contributed by atoms with E-state index in [1.165, 1.54) is 0 Å². The molecule has 3 aromatic rings. The van der Waals surface area contributed by atoms with Crippen LogP contribution in [0.3, 0.4) is 0 Å². The van der Waals surface area contributed by atoms with Crippen molar-refractivity contribution in [2.24, 2.45) is 0 Å². The summed E-state index contributed by atoms with van der Waals surface area (Å²) in [5.41, 5.74) is 0. The Morgan fingerprint density at radius 3 is 0.913 bits per heavy atom. The van der Waals surface area contributed by atoms with Crippen molar-refractivity contribution in [3.8, 4) is 17.2 Å². The number of benzene rings is 3. The molecule has 3 N–H and O–H groups in total. The molecule has 3 nitrogen and oxygen atoms in total. The van der Waals surface area contributed by atoms with Gasteiger partial charge in [0.25, 0.3) is 0 Å². The fourth-order valence-electron chi connectivity index (χ4n) is 2.70. The molecule has 0 aliphatic heterocycles. The van der Waals surface area contributed by atoms with Gasteiger partial charge in [-0.15, -0.1) is 0 Å². The molecular formula is C19H18O3P+. The highest BCUT2D eigenvalue weighted by molar-refractivity contribution is 7.95. The van der Waals surface area contributed by atoms with Crippen molar-refractivity contribution in [1.29, 1.82) is 0 Å². The molecule has 3 aromatic carbocycles. The van der Waals surface area contributed by atoms with Gasteiger partial charge in [-0.25, -0.2) is 0 Å². The maximum atomic E-state index is 9.58. The zero-order chi connectivity index (χ0) is 16.4. The van der Waals surface area contributed by atoms with Crippen molar-refractivity contribution in [3.63, 3.8) is 0 Å². The Balaban J connectivity index is 2.21. The van der Waals surface area contributed by atoms with Crippen LogP contribution < -0.4 is 15.9 Å². The summed E-state index contributed by atoms with van der Waals surface area (Å²) in [6.07, 6.45) is 0. The minimum Gasteiger partial charge on any atom is -0.508 e. The topological polar surface area (TPSA) is 60.7 Å². The molecule has 0 heterocycles. The van der Waals surface area contributed by atoms with E-state index in [1.807, 2.05) is 36.4 Å². The summed E-state index contributed by atoms with van der Waals surface area (Å²) >= 11 is 0. The third-order valence-corrected chi connectivity index (χ3v) is 8.09. The lowest BCUT2D eigenvalue weighted by Gasteiger charge is -2.23. The molecule has 0 spiro atoms. The Labute approximate surface area is 135 Å². The van der Waals surface area contributed by atoms with E-state index in [0.29, 0.717) is 0 Å². The van der Waals surface area contributed by atoms with E-state index in [2.05, 4.69) is 6.66 Å². The van der Waals surface area contributed by atoms with Crippen LogP contribution in [0.15, 0.2) is 72.8 Å². The molecule has 0 radical (unpaired) electrons. The van der Waals surface area contributed by atoms with E-state index in [0.717, 1.165) is 15.9 Å². The number of rotatable bonds is 3. The van der Waals surface area contributed by atoms with E-state index in [4.69, 9.17) is 0 Å². The number of hydrogen-bond acceptors (Lipinski definition) is 3. The zero-order valence-corrected chi connectivity index (χ0v) is 13.6. The van der Waals surface area contributed by atoms with Gasteiger partial charge >= 0.3 is 0 Å². The molecule has 0 saturated heterocycles. The molecule has 0 aliphatic rings. The lowest BCUT2D eigenvalue weighted by atomic mass is 10.3. The molecule has 0 bridgehead atoms. The van der Waals surface area contributed by atoms with Crippen LogP contribution in [0.1, 0.15) is 0 Å². The summed E-state index contributed by atoms with van der Waals surface area (Å²) in [5.74, 6) is 0.699. The smallest absolute Gasteiger partial charge is 0.115 e. The molecule has 23 heavy (non-hydrogen) atoms. The summed E-state index contributed by atoms with van der Waals surface area (Å²) in [7, 11) is -1.92. The largest absolute Gasteiger partial charge is 0.508 e. The average Bonchev–Trinajstić information content (AvgIpc) is 2.56. The number of phenols is 3. The second-order valence-corrected chi connectivity index (χ2v) is 9.12. The number of hydrogen-bond donors (Lipinski definition) is 3. The first-order valence-corrected chi connectivity index (χ1v) is 9.49. The maximum Gasteiger partial charge on any atom is 0.115 e. The Bertz CT molecular complexity index is 683. The molecule has 0 saturated carbocycles. The van der Waals surface area contributed by atoms with Gasteiger partial charge in [0, 0.05) is 0 Å². The summed E-state index contributed by atoms with van der Waals surface area (Å²) in [6, 6.07) is 21.7. The third kappa shape index (κ3) is 2.88.